The van der Waals surface area contributed by atoms with Gasteiger partial charge in [0.1, 0.15) is 5.75 Å². The average Bonchev–Trinajstić information content (AvgIpc) is 2.73. The zero-order valence-electron chi connectivity index (χ0n) is 15.5. The number of rotatable bonds is 6. The van der Waals surface area contributed by atoms with Gasteiger partial charge in [0.2, 0.25) is 5.91 Å². The second-order valence-corrected chi connectivity index (χ2v) is 6.51. The Labute approximate surface area is 160 Å². The van der Waals surface area contributed by atoms with Crippen molar-refractivity contribution in [3.8, 4) is 11.8 Å². The van der Waals surface area contributed by atoms with E-state index in [1.165, 1.54) is 5.69 Å². The van der Waals surface area contributed by atoms with Crippen molar-refractivity contribution >= 4 is 17.3 Å². The topological polar surface area (TPSA) is 68.6 Å². The summed E-state index contributed by atoms with van der Waals surface area (Å²) in [6.07, 6.45) is 0.461. The van der Waals surface area contributed by atoms with Crippen molar-refractivity contribution in [2.24, 2.45) is 0 Å². The first kappa shape index (κ1) is 18.7. The zero-order valence-corrected chi connectivity index (χ0v) is 15.5. The number of nitrogens with zero attached hydrogens (tertiary/aromatic N) is 3. The lowest BCUT2D eigenvalue weighted by Gasteiger charge is -2.36. The molecule has 0 aromatic heterocycles. The smallest absolute Gasteiger partial charge is 0.225 e. The van der Waals surface area contributed by atoms with Crippen molar-refractivity contribution < 1.29 is 9.53 Å². The summed E-state index contributed by atoms with van der Waals surface area (Å²) in [7, 11) is 1.67. The molecule has 0 bridgehead atoms. The summed E-state index contributed by atoms with van der Waals surface area (Å²) < 4.78 is 5.20. The maximum absolute atomic E-state index is 12.1. The summed E-state index contributed by atoms with van der Waals surface area (Å²) in [5, 5.41) is 11.7. The second kappa shape index (κ2) is 9.06. The Hall–Kier alpha value is -3.04. The fourth-order valence-corrected chi connectivity index (χ4v) is 3.13. The SMILES string of the molecule is COc1ccc(N2CCN(CCC(=O)Nc3ccc(C#N)cc3)CC2)cc1. The minimum Gasteiger partial charge on any atom is -0.497 e. The van der Waals surface area contributed by atoms with Crippen LogP contribution in [0.3, 0.4) is 0 Å². The molecule has 0 unspecified atom stereocenters. The molecule has 1 fully saturated rings. The third-order valence-corrected chi connectivity index (χ3v) is 4.76. The summed E-state index contributed by atoms with van der Waals surface area (Å²) in [5.41, 5.74) is 2.51. The van der Waals surface area contributed by atoms with E-state index in [2.05, 4.69) is 33.3 Å². The first-order valence-electron chi connectivity index (χ1n) is 9.09. The summed E-state index contributed by atoms with van der Waals surface area (Å²) in [6, 6.07) is 17.1. The van der Waals surface area contributed by atoms with E-state index < -0.39 is 0 Å². The highest BCUT2D eigenvalue weighted by atomic mass is 16.5. The van der Waals surface area contributed by atoms with E-state index in [9.17, 15) is 4.79 Å². The van der Waals surface area contributed by atoms with Crippen LogP contribution in [-0.2, 0) is 4.79 Å². The van der Waals surface area contributed by atoms with Gasteiger partial charge in [0, 0.05) is 50.5 Å². The molecule has 3 rings (SSSR count). The molecule has 0 radical (unpaired) electrons. The Kier molecular flexibility index (Phi) is 6.29. The van der Waals surface area contributed by atoms with Crippen molar-refractivity contribution in [3.05, 3.63) is 54.1 Å². The van der Waals surface area contributed by atoms with Gasteiger partial charge in [-0.2, -0.15) is 5.26 Å². The van der Waals surface area contributed by atoms with Gasteiger partial charge >= 0.3 is 0 Å². The molecule has 1 heterocycles. The molecule has 1 N–H and O–H groups in total. The van der Waals surface area contributed by atoms with Crippen LogP contribution in [0.2, 0.25) is 0 Å². The number of benzene rings is 2. The number of amides is 1. The predicted molar refractivity (Wildman–Crippen MR) is 106 cm³/mol. The Morgan fingerprint density at radius 1 is 1.07 bits per heavy atom. The molecular weight excluding hydrogens is 340 g/mol. The minimum atomic E-state index is -0.00251. The molecule has 6 heteroatoms. The lowest BCUT2D eigenvalue weighted by molar-refractivity contribution is -0.116. The van der Waals surface area contributed by atoms with E-state index in [1.807, 2.05) is 12.1 Å². The van der Waals surface area contributed by atoms with Crippen LogP contribution in [0.1, 0.15) is 12.0 Å². The number of ether oxygens (including phenoxy) is 1. The Bertz CT molecular complexity index is 788. The van der Waals surface area contributed by atoms with E-state index in [-0.39, 0.29) is 5.91 Å². The first-order valence-corrected chi connectivity index (χ1v) is 9.09. The van der Waals surface area contributed by atoms with Crippen LogP contribution in [0.25, 0.3) is 0 Å². The van der Waals surface area contributed by atoms with Crippen molar-refractivity contribution in [1.29, 1.82) is 5.26 Å². The molecule has 0 spiro atoms. The lowest BCUT2D eigenvalue weighted by atomic mass is 10.2. The number of methoxy groups -OCH3 is 1. The Morgan fingerprint density at radius 3 is 2.33 bits per heavy atom. The van der Waals surface area contributed by atoms with E-state index in [0.29, 0.717) is 12.0 Å². The van der Waals surface area contributed by atoms with Crippen molar-refractivity contribution in [3.63, 3.8) is 0 Å². The van der Waals surface area contributed by atoms with Crippen LogP contribution in [0.5, 0.6) is 5.75 Å². The Morgan fingerprint density at radius 2 is 1.74 bits per heavy atom. The van der Waals surface area contributed by atoms with Crippen LogP contribution >= 0.6 is 0 Å². The van der Waals surface area contributed by atoms with E-state index >= 15 is 0 Å². The molecule has 27 heavy (non-hydrogen) atoms. The first-order chi connectivity index (χ1) is 13.2. The van der Waals surface area contributed by atoms with Gasteiger partial charge in [-0.3, -0.25) is 9.69 Å². The highest BCUT2D eigenvalue weighted by Gasteiger charge is 2.18. The normalized spacial score (nSPS) is 14.4. The van der Waals surface area contributed by atoms with Gasteiger partial charge in [0.25, 0.3) is 0 Å². The van der Waals surface area contributed by atoms with Crippen LogP contribution in [0, 0.1) is 11.3 Å². The third kappa shape index (κ3) is 5.22. The number of hydrogen-bond acceptors (Lipinski definition) is 5. The lowest BCUT2D eigenvalue weighted by Crippen LogP contribution is -2.47. The second-order valence-electron chi connectivity index (χ2n) is 6.51. The van der Waals surface area contributed by atoms with Gasteiger partial charge < -0.3 is 15.0 Å². The Balaban J connectivity index is 1.40. The number of piperazine rings is 1. The van der Waals surface area contributed by atoms with Crippen molar-refractivity contribution in [2.75, 3.05) is 50.1 Å². The van der Waals surface area contributed by atoms with Gasteiger partial charge in [0.15, 0.2) is 0 Å². The number of anilines is 2. The standard InChI is InChI=1S/C21H24N4O2/c1-27-20-8-6-19(7-9-20)25-14-12-24(13-15-25)11-10-21(26)23-18-4-2-17(16-22)3-5-18/h2-9H,10-15H2,1H3,(H,23,26). The maximum atomic E-state index is 12.1. The predicted octanol–water partition coefficient (Wildman–Crippen LogP) is 2.72. The number of carbonyl (C=O) groups is 1. The average molecular weight is 364 g/mol. The monoisotopic (exact) mass is 364 g/mol. The molecular formula is C21H24N4O2. The van der Waals surface area contributed by atoms with E-state index in [4.69, 9.17) is 10.00 Å². The maximum Gasteiger partial charge on any atom is 0.225 e. The third-order valence-electron chi connectivity index (χ3n) is 4.76. The molecule has 140 valence electrons. The van der Waals surface area contributed by atoms with Gasteiger partial charge in [-0.25, -0.2) is 0 Å². The van der Waals surface area contributed by atoms with Crippen LogP contribution in [-0.4, -0.2) is 50.6 Å². The van der Waals surface area contributed by atoms with Gasteiger partial charge in [-0.05, 0) is 48.5 Å². The van der Waals surface area contributed by atoms with Crippen molar-refractivity contribution in [1.82, 2.24) is 4.90 Å². The molecule has 1 aliphatic heterocycles. The molecule has 0 saturated carbocycles. The number of hydrogen-bond donors (Lipinski definition) is 1. The van der Waals surface area contributed by atoms with Crippen LogP contribution < -0.4 is 15.0 Å². The zero-order chi connectivity index (χ0) is 19.1. The molecule has 1 amide bonds. The minimum absolute atomic E-state index is 0.00251. The summed E-state index contributed by atoms with van der Waals surface area (Å²) in [5.74, 6) is 0.864. The van der Waals surface area contributed by atoms with Gasteiger partial charge in [-0.15, -0.1) is 0 Å². The highest BCUT2D eigenvalue weighted by molar-refractivity contribution is 5.90. The largest absolute Gasteiger partial charge is 0.497 e. The molecule has 2 aromatic rings. The molecule has 1 saturated heterocycles. The summed E-state index contributed by atoms with van der Waals surface area (Å²) in [6.45, 7) is 4.53. The van der Waals surface area contributed by atoms with Gasteiger partial charge in [0.05, 0.1) is 18.7 Å². The molecule has 2 aromatic carbocycles. The fourth-order valence-electron chi connectivity index (χ4n) is 3.13. The number of nitriles is 1. The molecule has 0 atom stereocenters. The molecule has 6 nitrogen and oxygen atoms in total. The van der Waals surface area contributed by atoms with E-state index in [0.717, 1.165) is 44.2 Å². The van der Waals surface area contributed by atoms with Crippen molar-refractivity contribution in [2.45, 2.75) is 6.42 Å². The molecule has 0 aliphatic carbocycles. The summed E-state index contributed by atoms with van der Waals surface area (Å²) in [4.78, 5) is 16.8. The summed E-state index contributed by atoms with van der Waals surface area (Å²) >= 11 is 0. The number of carbonyl (C=O) groups excluding carboxylic acids is 1. The van der Waals surface area contributed by atoms with Gasteiger partial charge in [-0.1, -0.05) is 0 Å². The quantitative estimate of drug-likeness (QED) is 0.854. The fraction of sp³-hybridized carbons (Fsp3) is 0.333. The number of nitrogens with one attached hydrogen (secondary N) is 1. The van der Waals surface area contributed by atoms with Crippen LogP contribution in [0.4, 0.5) is 11.4 Å². The molecule has 1 aliphatic rings. The van der Waals surface area contributed by atoms with E-state index in [1.54, 1.807) is 31.4 Å². The van der Waals surface area contributed by atoms with Crippen LogP contribution in [0.15, 0.2) is 48.5 Å². The highest BCUT2D eigenvalue weighted by Crippen LogP contribution is 2.20.